The van der Waals surface area contributed by atoms with Crippen LogP contribution < -0.4 is 5.32 Å². The highest BCUT2D eigenvalue weighted by Crippen LogP contribution is 2.38. The van der Waals surface area contributed by atoms with E-state index in [2.05, 4.69) is 64.2 Å². The van der Waals surface area contributed by atoms with Gasteiger partial charge in [-0.2, -0.15) is 11.8 Å². The van der Waals surface area contributed by atoms with Crippen LogP contribution in [0.15, 0.2) is 28.7 Å². The molecule has 0 amide bonds. The third-order valence-electron chi connectivity index (χ3n) is 4.75. The summed E-state index contributed by atoms with van der Waals surface area (Å²) >= 11 is 5.73. The number of benzene rings is 1. The van der Waals surface area contributed by atoms with Gasteiger partial charge in [0.05, 0.1) is 5.60 Å². The summed E-state index contributed by atoms with van der Waals surface area (Å²) in [6.07, 6.45) is 4.74. The quantitative estimate of drug-likeness (QED) is 0.844. The predicted octanol–water partition coefficient (Wildman–Crippen LogP) is 4.54. The molecule has 0 radical (unpaired) electrons. The van der Waals surface area contributed by atoms with E-state index in [0.717, 1.165) is 13.0 Å². The Morgan fingerprint density at radius 2 is 2.10 bits per heavy atom. The molecule has 2 saturated heterocycles. The van der Waals surface area contributed by atoms with Crippen molar-refractivity contribution < 1.29 is 4.74 Å². The molecule has 2 fully saturated rings. The highest BCUT2D eigenvalue weighted by atomic mass is 79.9. The van der Waals surface area contributed by atoms with Crippen molar-refractivity contribution in [2.24, 2.45) is 0 Å². The molecule has 116 valence electrons. The SMILES string of the molecule is C[C@@H](NC1CCOC2(CCSCC2)C1)c1ccccc1Br. The van der Waals surface area contributed by atoms with E-state index < -0.39 is 0 Å². The van der Waals surface area contributed by atoms with Crippen molar-refractivity contribution in [2.45, 2.75) is 50.3 Å². The van der Waals surface area contributed by atoms with Crippen LogP contribution in [0.5, 0.6) is 0 Å². The number of nitrogens with one attached hydrogen (secondary N) is 1. The van der Waals surface area contributed by atoms with Gasteiger partial charge in [0, 0.05) is 23.2 Å². The van der Waals surface area contributed by atoms with Gasteiger partial charge in [-0.1, -0.05) is 34.1 Å². The Morgan fingerprint density at radius 3 is 2.86 bits per heavy atom. The standard InChI is InChI=1S/C17H24BrNOS/c1-13(15-4-2-3-5-16(15)18)19-14-6-9-20-17(12-14)7-10-21-11-8-17/h2-5,13-14,19H,6-12H2,1H3/t13-,14?/m1/s1. The van der Waals surface area contributed by atoms with E-state index in [1.165, 1.54) is 40.8 Å². The summed E-state index contributed by atoms with van der Waals surface area (Å²) in [5, 5.41) is 3.83. The molecule has 2 heterocycles. The molecular formula is C17H24BrNOS. The maximum absolute atomic E-state index is 6.19. The molecule has 0 aliphatic carbocycles. The molecule has 0 saturated carbocycles. The van der Waals surface area contributed by atoms with Crippen molar-refractivity contribution in [3.8, 4) is 0 Å². The fraction of sp³-hybridized carbons (Fsp3) is 0.647. The number of halogens is 1. The minimum Gasteiger partial charge on any atom is -0.375 e. The normalized spacial score (nSPS) is 26.7. The maximum Gasteiger partial charge on any atom is 0.0713 e. The van der Waals surface area contributed by atoms with Crippen molar-refractivity contribution in [3.05, 3.63) is 34.3 Å². The summed E-state index contributed by atoms with van der Waals surface area (Å²) in [4.78, 5) is 0. The smallest absolute Gasteiger partial charge is 0.0713 e. The Kier molecular flexibility index (Phi) is 5.31. The van der Waals surface area contributed by atoms with E-state index in [-0.39, 0.29) is 5.60 Å². The second-order valence-electron chi connectivity index (χ2n) is 6.24. The van der Waals surface area contributed by atoms with Gasteiger partial charge < -0.3 is 10.1 Å². The lowest BCUT2D eigenvalue weighted by atomic mass is 9.85. The minimum atomic E-state index is 0.162. The van der Waals surface area contributed by atoms with Crippen LogP contribution in [0, 0.1) is 0 Å². The average Bonchev–Trinajstić information content (AvgIpc) is 2.48. The van der Waals surface area contributed by atoms with Crippen LogP contribution in [0.4, 0.5) is 0 Å². The van der Waals surface area contributed by atoms with Crippen LogP contribution in [-0.4, -0.2) is 29.8 Å². The molecule has 21 heavy (non-hydrogen) atoms. The number of ether oxygens (including phenoxy) is 1. The maximum atomic E-state index is 6.19. The third-order valence-corrected chi connectivity index (χ3v) is 6.46. The van der Waals surface area contributed by atoms with Gasteiger partial charge in [0.15, 0.2) is 0 Å². The lowest BCUT2D eigenvalue weighted by Gasteiger charge is -2.44. The predicted molar refractivity (Wildman–Crippen MR) is 94.0 cm³/mol. The van der Waals surface area contributed by atoms with Gasteiger partial charge in [-0.05, 0) is 55.7 Å². The Hall–Kier alpha value is -0.0300. The number of rotatable bonds is 3. The van der Waals surface area contributed by atoms with Gasteiger partial charge in [-0.15, -0.1) is 0 Å². The molecule has 3 rings (SSSR count). The highest BCUT2D eigenvalue weighted by Gasteiger charge is 2.38. The molecule has 1 aromatic carbocycles. The summed E-state index contributed by atoms with van der Waals surface area (Å²) in [5.74, 6) is 2.51. The van der Waals surface area contributed by atoms with Gasteiger partial charge in [0.1, 0.15) is 0 Å². The molecule has 1 aromatic rings. The highest BCUT2D eigenvalue weighted by molar-refractivity contribution is 9.10. The zero-order chi connectivity index (χ0) is 14.7. The zero-order valence-electron chi connectivity index (χ0n) is 12.6. The summed E-state index contributed by atoms with van der Waals surface area (Å²) < 4.78 is 7.38. The molecular weight excluding hydrogens is 346 g/mol. The van der Waals surface area contributed by atoms with Crippen LogP contribution in [0.2, 0.25) is 0 Å². The molecule has 0 bridgehead atoms. The first-order valence-electron chi connectivity index (χ1n) is 7.91. The molecule has 4 heteroatoms. The van der Waals surface area contributed by atoms with Crippen LogP contribution in [0.1, 0.15) is 44.2 Å². The summed E-state index contributed by atoms with van der Waals surface area (Å²) in [5.41, 5.74) is 1.51. The van der Waals surface area contributed by atoms with E-state index in [1.807, 2.05) is 0 Å². The first-order valence-corrected chi connectivity index (χ1v) is 9.85. The molecule has 1 spiro atoms. The first kappa shape index (κ1) is 15.9. The van der Waals surface area contributed by atoms with E-state index >= 15 is 0 Å². The van der Waals surface area contributed by atoms with Crippen molar-refractivity contribution >= 4 is 27.7 Å². The molecule has 0 aromatic heterocycles. The van der Waals surface area contributed by atoms with E-state index in [4.69, 9.17) is 4.74 Å². The van der Waals surface area contributed by atoms with Gasteiger partial charge in [0.2, 0.25) is 0 Å². The fourth-order valence-corrected chi connectivity index (χ4v) is 5.40. The monoisotopic (exact) mass is 369 g/mol. The second-order valence-corrected chi connectivity index (χ2v) is 8.32. The average molecular weight is 370 g/mol. The first-order chi connectivity index (χ1) is 10.2. The van der Waals surface area contributed by atoms with Crippen LogP contribution >= 0.6 is 27.7 Å². The summed E-state index contributed by atoms with van der Waals surface area (Å²) in [7, 11) is 0. The largest absolute Gasteiger partial charge is 0.375 e. The van der Waals surface area contributed by atoms with Gasteiger partial charge in [0.25, 0.3) is 0 Å². The van der Waals surface area contributed by atoms with Crippen LogP contribution in [0.25, 0.3) is 0 Å². The number of hydrogen-bond acceptors (Lipinski definition) is 3. The fourth-order valence-electron chi connectivity index (χ4n) is 3.53. The topological polar surface area (TPSA) is 21.3 Å². The van der Waals surface area contributed by atoms with E-state index in [1.54, 1.807) is 0 Å². The lowest BCUT2D eigenvalue weighted by Crippen LogP contribution is -2.49. The molecule has 2 atom stereocenters. The lowest BCUT2D eigenvalue weighted by molar-refractivity contribution is -0.0941. The van der Waals surface area contributed by atoms with E-state index in [9.17, 15) is 0 Å². The zero-order valence-corrected chi connectivity index (χ0v) is 15.0. The molecule has 1 N–H and O–H groups in total. The van der Waals surface area contributed by atoms with Gasteiger partial charge in [-0.3, -0.25) is 0 Å². The Labute approximate surface area is 140 Å². The Bertz CT molecular complexity index is 470. The van der Waals surface area contributed by atoms with Crippen molar-refractivity contribution in [1.82, 2.24) is 5.32 Å². The molecule has 2 aliphatic heterocycles. The summed E-state index contributed by atoms with van der Waals surface area (Å²) in [6, 6.07) is 9.46. The Morgan fingerprint density at radius 1 is 1.33 bits per heavy atom. The second kappa shape index (κ2) is 7.03. The molecule has 1 unspecified atom stereocenters. The van der Waals surface area contributed by atoms with Gasteiger partial charge >= 0.3 is 0 Å². The summed E-state index contributed by atoms with van der Waals surface area (Å²) in [6.45, 7) is 3.17. The third kappa shape index (κ3) is 3.84. The molecule has 2 aliphatic rings. The van der Waals surface area contributed by atoms with Crippen LogP contribution in [-0.2, 0) is 4.74 Å². The van der Waals surface area contributed by atoms with Crippen molar-refractivity contribution in [1.29, 1.82) is 0 Å². The Balaban J connectivity index is 1.63. The van der Waals surface area contributed by atoms with Crippen LogP contribution in [0.3, 0.4) is 0 Å². The van der Waals surface area contributed by atoms with Crippen molar-refractivity contribution in [2.75, 3.05) is 18.1 Å². The number of hydrogen-bond donors (Lipinski definition) is 1. The molecule has 2 nitrogen and oxygen atoms in total. The number of thioether (sulfide) groups is 1. The van der Waals surface area contributed by atoms with E-state index in [0.29, 0.717) is 12.1 Å². The minimum absolute atomic E-state index is 0.162. The van der Waals surface area contributed by atoms with Gasteiger partial charge in [-0.25, -0.2) is 0 Å². The van der Waals surface area contributed by atoms with Crippen molar-refractivity contribution in [3.63, 3.8) is 0 Å².